The maximum atomic E-state index is 12.7. The van der Waals surface area contributed by atoms with Crippen LogP contribution in [0.2, 0.25) is 5.02 Å². The van der Waals surface area contributed by atoms with Crippen molar-refractivity contribution in [3.05, 3.63) is 34.3 Å². The number of amides is 1. The first-order valence-corrected chi connectivity index (χ1v) is 7.47. The van der Waals surface area contributed by atoms with Gasteiger partial charge in [0, 0.05) is 12.6 Å². The molecule has 0 bridgehead atoms. The predicted molar refractivity (Wildman–Crippen MR) is 76.8 cm³/mol. The van der Waals surface area contributed by atoms with Gasteiger partial charge in [-0.25, -0.2) is 0 Å². The van der Waals surface area contributed by atoms with Gasteiger partial charge in [0.15, 0.2) is 0 Å². The van der Waals surface area contributed by atoms with E-state index in [1.54, 1.807) is 0 Å². The zero-order valence-corrected chi connectivity index (χ0v) is 12.5. The largest absolute Gasteiger partial charge is 0.416 e. The summed E-state index contributed by atoms with van der Waals surface area (Å²) in [4.78, 5) is 12.2. The Labute approximate surface area is 131 Å². The zero-order chi connectivity index (χ0) is 16.3. The van der Waals surface area contributed by atoms with E-state index in [9.17, 15) is 18.0 Å². The van der Waals surface area contributed by atoms with E-state index in [4.69, 9.17) is 16.7 Å². The second kappa shape index (κ2) is 6.87. The van der Waals surface area contributed by atoms with Gasteiger partial charge in [-0.15, -0.1) is 0 Å². The first kappa shape index (κ1) is 17.1. The molecular weight excluding hydrogens is 319 g/mol. The van der Waals surface area contributed by atoms with Gasteiger partial charge < -0.3 is 10.4 Å². The van der Waals surface area contributed by atoms with Crippen LogP contribution in [0.25, 0.3) is 0 Å². The normalized spacial score (nSPS) is 22.4. The van der Waals surface area contributed by atoms with Gasteiger partial charge in [-0.2, -0.15) is 13.2 Å². The number of rotatable bonds is 3. The third-order valence-corrected chi connectivity index (χ3v) is 4.31. The van der Waals surface area contributed by atoms with E-state index in [0.29, 0.717) is 12.8 Å². The molecule has 0 radical (unpaired) electrons. The molecule has 2 N–H and O–H groups in total. The molecule has 22 heavy (non-hydrogen) atoms. The van der Waals surface area contributed by atoms with Gasteiger partial charge in [0.25, 0.3) is 5.91 Å². The summed E-state index contributed by atoms with van der Waals surface area (Å²) >= 11 is 5.84. The Morgan fingerprint density at radius 2 is 1.91 bits per heavy atom. The van der Waals surface area contributed by atoms with Crippen LogP contribution in [0.4, 0.5) is 13.2 Å². The highest BCUT2D eigenvalue weighted by molar-refractivity contribution is 6.33. The minimum Gasteiger partial charge on any atom is -0.396 e. The lowest BCUT2D eigenvalue weighted by Gasteiger charge is -2.28. The van der Waals surface area contributed by atoms with Crippen molar-refractivity contribution in [3.63, 3.8) is 0 Å². The topological polar surface area (TPSA) is 49.3 Å². The third-order valence-electron chi connectivity index (χ3n) is 3.98. The minimum absolute atomic E-state index is 0.00505. The van der Waals surface area contributed by atoms with Crippen molar-refractivity contribution in [2.45, 2.75) is 37.9 Å². The molecule has 0 saturated heterocycles. The van der Waals surface area contributed by atoms with Crippen LogP contribution >= 0.6 is 11.6 Å². The van der Waals surface area contributed by atoms with Crippen molar-refractivity contribution in [1.82, 2.24) is 5.32 Å². The third kappa shape index (κ3) is 4.14. The Balaban J connectivity index is 2.06. The standard InChI is InChI=1S/C15H17ClF3NO2/c16-13-6-3-10(15(17,18)19)7-12(13)14(22)20-11-4-1-9(8-21)2-5-11/h3,6-7,9,11,21H,1-2,4-5,8H2,(H,20,22). The van der Waals surface area contributed by atoms with E-state index in [2.05, 4.69) is 5.32 Å². The van der Waals surface area contributed by atoms with E-state index in [-0.39, 0.29) is 29.2 Å². The van der Waals surface area contributed by atoms with Gasteiger partial charge in [-0.05, 0) is 49.8 Å². The number of carbonyl (C=O) groups excluding carboxylic acids is 1. The molecule has 1 aromatic rings. The molecule has 3 nitrogen and oxygen atoms in total. The summed E-state index contributed by atoms with van der Waals surface area (Å²) in [5, 5.41) is 11.8. The van der Waals surface area contributed by atoms with Crippen LogP contribution < -0.4 is 5.32 Å². The summed E-state index contributed by atoms with van der Waals surface area (Å²) < 4.78 is 38.1. The fourth-order valence-corrected chi connectivity index (χ4v) is 2.83. The molecular formula is C15H17ClF3NO2. The molecule has 7 heteroatoms. The minimum atomic E-state index is -4.52. The maximum Gasteiger partial charge on any atom is 0.416 e. The fraction of sp³-hybridized carbons (Fsp3) is 0.533. The van der Waals surface area contributed by atoms with Crippen LogP contribution in [0.15, 0.2) is 18.2 Å². The van der Waals surface area contributed by atoms with Crippen molar-refractivity contribution >= 4 is 17.5 Å². The van der Waals surface area contributed by atoms with Crippen molar-refractivity contribution in [2.24, 2.45) is 5.92 Å². The van der Waals surface area contributed by atoms with Crippen molar-refractivity contribution in [3.8, 4) is 0 Å². The summed E-state index contributed by atoms with van der Waals surface area (Å²) in [6, 6.07) is 2.62. The van der Waals surface area contributed by atoms with Gasteiger partial charge in [-0.3, -0.25) is 4.79 Å². The number of hydrogen-bond donors (Lipinski definition) is 2. The van der Waals surface area contributed by atoms with Gasteiger partial charge in [0.2, 0.25) is 0 Å². The van der Waals surface area contributed by atoms with Crippen molar-refractivity contribution < 1.29 is 23.1 Å². The molecule has 0 unspecified atom stereocenters. The number of hydrogen-bond acceptors (Lipinski definition) is 2. The number of carbonyl (C=O) groups is 1. The molecule has 0 atom stereocenters. The maximum absolute atomic E-state index is 12.7. The number of halogens is 4. The molecule has 1 aliphatic carbocycles. The Bertz CT molecular complexity index is 540. The molecule has 122 valence electrons. The molecule has 1 aliphatic rings. The molecule has 0 heterocycles. The molecule has 2 rings (SSSR count). The van der Waals surface area contributed by atoms with Crippen LogP contribution in [-0.4, -0.2) is 23.7 Å². The number of aliphatic hydroxyl groups excluding tert-OH is 1. The lowest BCUT2D eigenvalue weighted by molar-refractivity contribution is -0.137. The SMILES string of the molecule is O=C(NC1CCC(CO)CC1)c1cc(C(F)(F)F)ccc1Cl. The van der Waals surface area contributed by atoms with E-state index >= 15 is 0 Å². The molecule has 0 aliphatic heterocycles. The highest BCUT2D eigenvalue weighted by Crippen LogP contribution is 2.32. The van der Waals surface area contributed by atoms with E-state index in [0.717, 1.165) is 31.0 Å². The molecule has 1 aromatic carbocycles. The number of alkyl halides is 3. The van der Waals surface area contributed by atoms with Crippen molar-refractivity contribution in [2.75, 3.05) is 6.61 Å². The van der Waals surface area contributed by atoms with E-state index in [1.807, 2.05) is 0 Å². The Kier molecular flexibility index (Phi) is 5.34. The summed E-state index contributed by atoms with van der Waals surface area (Å²) in [6.07, 6.45) is -1.53. The molecule has 1 amide bonds. The van der Waals surface area contributed by atoms with Crippen LogP contribution in [-0.2, 0) is 6.18 Å². The first-order valence-electron chi connectivity index (χ1n) is 7.09. The van der Waals surface area contributed by atoms with Gasteiger partial charge in [-0.1, -0.05) is 11.6 Å². The smallest absolute Gasteiger partial charge is 0.396 e. The molecule has 1 saturated carbocycles. The summed E-state index contributed by atoms with van der Waals surface area (Å²) in [5.74, 6) is -0.353. The highest BCUT2D eigenvalue weighted by Gasteiger charge is 2.32. The average molecular weight is 336 g/mol. The lowest BCUT2D eigenvalue weighted by atomic mass is 9.86. The summed E-state index contributed by atoms with van der Waals surface area (Å²) in [7, 11) is 0. The quantitative estimate of drug-likeness (QED) is 0.886. The zero-order valence-electron chi connectivity index (χ0n) is 11.8. The second-order valence-electron chi connectivity index (χ2n) is 5.57. The second-order valence-corrected chi connectivity index (χ2v) is 5.97. The first-order chi connectivity index (χ1) is 10.3. The molecule has 0 spiro atoms. The van der Waals surface area contributed by atoms with Gasteiger partial charge >= 0.3 is 6.18 Å². The van der Waals surface area contributed by atoms with Crippen LogP contribution in [0, 0.1) is 5.92 Å². The fourth-order valence-electron chi connectivity index (χ4n) is 2.63. The highest BCUT2D eigenvalue weighted by atomic mass is 35.5. The predicted octanol–water partition coefficient (Wildman–Crippen LogP) is 3.64. The number of aliphatic hydroxyl groups is 1. The van der Waals surface area contributed by atoms with E-state index < -0.39 is 17.6 Å². The molecule has 0 aromatic heterocycles. The molecule has 1 fully saturated rings. The average Bonchev–Trinajstić information content (AvgIpc) is 2.47. The Morgan fingerprint density at radius 1 is 1.27 bits per heavy atom. The van der Waals surface area contributed by atoms with Crippen LogP contribution in [0.5, 0.6) is 0 Å². The monoisotopic (exact) mass is 335 g/mol. The summed E-state index contributed by atoms with van der Waals surface area (Å²) in [5.41, 5.74) is -1.06. The van der Waals surface area contributed by atoms with Crippen molar-refractivity contribution in [1.29, 1.82) is 0 Å². The Hall–Kier alpha value is -1.27. The lowest BCUT2D eigenvalue weighted by Crippen LogP contribution is -2.38. The van der Waals surface area contributed by atoms with E-state index in [1.165, 1.54) is 0 Å². The number of benzene rings is 1. The van der Waals surface area contributed by atoms with Crippen LogP contribution in [0.3, 0.4) is 0 Å². The van der Waals surface area contributed by atoms with Gasteiger partial charge in [0.05, 0.1) is 16.1 Å². The van der Waals surface area contributed by atoms with Gasteiger partial charge in [0.1, 0.15) is 0 Å². The number of nitrogens with one attached hydrogen (secondary N) is 1. The summed E-state index contributed by atoms with van der Waals surface area (Å²) in [6.45, 7) is 0.125. The van der Waals surface area contributed by atoms with Crippen LogP contribution in [0.1, 0.15) is 41.6 Å². The Morgan fingerprint density at radius 3 is 2.45 bits per heavy atom.